The summed E-state index contributed by atoms with van der Waals surface area (Å²) >= 11 is 0. The molecule has 0 N–H and O–H groups in total. The minimum absolute atomic E-state index is 0.205. The molecule has 1 aliphatic rings. The van der Waals surface area contributed by atoms with Gasteiger partial charge in [-0.2, -0.15) is 0 Å². The van der Waals surface area contributed by atoms with E-state index in [0.29, 0.717) is 43.5 Å². The first-order valence-corrected chi connectivity index (χ1v) is 11.2. The number of hydrogen-bond donors (Lipinski definition) is 0. The van der Waals surface area contributed by atoms with E-state index < -0.39 is 0 Å². The molecule has 0 atom stereocenters. The molecular weight excluding hydrogens is 434 g/mol. The fourth-order valence-corrected chi connectivity index (χ4v) is 3.98. The maximum Gasteiger partial charge on any atom is 0.261 e. The SMILES string of the molecule is COCCCN1C(=O)c2ccc(C(=O)N(C)CCCc3cc(-c4ccccc4)no3)cc2C1=O. The van der Waals surface area contributed by atoms with Crippen LogP contribution in [0.2, 0.25) is 0 Å². The van der Waals surface area contributed by atoms with Crippen molar-refractivity contribution in [3.8, 4) is 11.3 Å². The van der Waals surface area contributed by atoms with E-state index in [4.69, 9.17) is 9.26 Å². The topological polar surface area (TPSA) is 92.9 Å². The number of imide groups is 1. The number of benzene rings is 2. The first kappa shape index (κ1) is 23.4. The van der Waals surface area contributed by atoms with Gasteiger partial charge in [-0.1, -0.05) is 35.5 Å². The van der Waals surface area contributed by atoms with Gasteiger partial charge in [0.25, 0.3) is 17.7 Å². The van der Waals surface area contributed by atoms with Gasteiger partial charge in [-0.25, -0.2) is 0 Å². The zero-order chi connectivity index (χ0) is 24.1. The molecule has 0 radical (unpaired) electrons. The second-order valence-electron chi connectivity index (χ2n) is 8.24. The molecule has 8 heteroatoms. The van der Waals surface area contributed by atoms with E-state index >= 15 is 0 Å². The van der Waals surface area contributed by atoms with Crippen LogP contribution in [-0.2, 0) is 11.2 Å². The van der Waals surface area contributed by atoms with Crippen molar-refractivity contribution in [3.05, 3.63) is 77.0 Å². The fraction of sp³-hybridized carbons (Fsp3) is 0.308. The minimum atomic E-state index is -0.368. The first-order chi connectivity index (χ1) is 16.5. The summed E-state index contributed by atoms with van der Waals surface area (Å²) in [6, 6.07) is 16.4. The van der Waals surface area contributed by atoms with Crippen LogP contribution in [0.5, 0.6) is 0 Å². The monoisotopic (exact) mass is 461 g/mol. The smallest absolute Gasteiger partial charge is 0.261 e. The standard InChI is InChI=1S/C26H27N3O5/c1-28(13-6-10-20-17-23(27-34-20)18-8-4-3-5-9-18)24(30)19-11-12-21-22(16-19)26(32)29(25(21)31)14-7-15-33-2/h3-5,8-9,11-12,16-17H,6-7,10,13-15H2,1-2H3. The molecule has 1 aromatic heterocycles. The number of ether oxygens (including phenoxy) is 1. The summed E-state index contributed by atoms with van der Waals surface area (Å²) in [5.74, 6) is -0.142. The third-order valence-corrected chi connectivity index (χ3v) is 5.84. The Morgan fingerprint density at radius 2 is 1.79 bits per heavy atom. The lowest BCUT2D eigenvalue weighted by Crippen LogP contribution is -2.31. The molecule has 0 saturated carbocycles. The molecule has 0 unspecified atom stereocenters. The minimum Gasteiger partial charge on any atom is -0.385 e. The lowest BCUT2D eigenvalue weighted by atomic mass is 10.0. The van der Waals surface area contributed by atoms with Crippen LogP contribution in [0, 0.1) is 0 Å². The molecule has 4 rings (SSSR count). The quantitative estimate of drug-likeness (QED) is 0.338. The molecule has 34 heavy (non-hydrogen) atoms. The van der Waals surface area contributed by atoms with E-state index in [2.05, 4.69) is 5.16 Å². The van der Waals surface area contributed by atoms with Gasteiger partial charge in [-0.3, -0.25) is 19.3 Å². The van der Waals surface area contributed by atoms with Crippen LogP contribution >= 0.6 is 0 Å². The molecule has 176 valence electrons. The molecule has 2 aromatic carbocycles. The van der Waals surface area contributed by atoms with Crippen LogP contribution in [0.25, 0.3) is 11.3 Å². The lowest BCUT2D eigenvalue weighted by Gasteiger charge is -2.17. The summed E-state index contributed by atoms with van der Waals surface area (Å²) in [5.41, 5.74) is 2.77. The molecule has 0 fully saturated rings. The zero-order valence-corrected chi connectivity index (χ0v) is 19.3. The number of methoxy groups -OCH3 is 1. The number of carbonyl (C=O) groups is 3. The Kier molecular flexibility index (Phi) is 7.18. The predicted octanol–water partition coefficient (Wildman–Crippen LogP) is 3.68. The van der Waals surface area contributed by atoms with Crippen LogP contribution in [0.1, 0.15) is 49.7 Å². The van der Waals surface area contributed by atoms with Crippen molar-refractivity contribution in [2.75, 3.05) is 33.9 Å². The molecule has 0 aliphatic carbocycles. The maximum absolute atomic E-state index is 12.9. The Labute approximate surface area is 198 Å². The normalized spacial score (nSPS) is 12.8. The summed E-state index contributed by atoms with van der Waals surface area (Å²) in [7, 11) is 3.29. The lowest BCUT2D eigenvalue weighted by molar-refractivity contribution is 0.0638. The number of aryl methyl sites for hydroxylation is 1. The van der Waals surface area contributed by atoms with Gasteiger partial charge < -0.3 is 14.2 Å². The van der Waals surface area contributed by atoms with Crippen LogP contribution in [0.15, 0.2) is 59.1 Å². The summed E-state index contributed by atoms with van der Waals surface area (Å²) in [4.78, 5) is 41.0. The zero-order valence-electron chi connectivity index (χ0n) is 19.3. The van der Waals surface area contributed by atoms with Gasteiger partial charge in [0.1, 0.15) is 11.5 Å². The number of nitrogens with zero attached hydrogens (tertiary/aromatic N) is 3. The Balaban J connectivity index is 1.34. The molecule has 1 aliphatic heterocycles. The molecular formula is C26H27N3O5. The van der Waals surface area contributed by atoms with E-state index in [9.17, 15) is 14.4 Å². The molecule has 3 amide bonds. The molecule has 8 nitrogen and oxygen atoms in total. The highest BCUT2D eigenvalue weighted by Crippen LogP contribution is 2.25. The van der Waals surface area contributed by atoms with Crippen molar-refractivity contribution < 1.29 is 23.6 Å². The van der Waals surface area contributed by atoms with Crippen molar-refractivity contribution in [2.24, 2.45) is 0 Å². The molecule has 2 heterocycles. The van der Waals surface area contributed by atoms with Gasteiger partial charge >= 0.3 is 0 Å². The van der Waals surface area contributed by atoms with Crippen LogP contribution in [-0.4, -0.2) is 66.5 Å². The molecule has 0 spiro atoms. The third-order valence-electron chi connectivity index (χ3n) is 5.84. The van der Waals surface area contributed by atoms with Crippen molar-refractivity contribution in [2.45, 2.75) is 19.3 Å². The summed E-state index contributed by atoms with van der Waals surface area (Å²) < 4.78 is 10.4. The second-order valence-corrected chi connectivity index (χ2v) is 8.24. The number of rotatable bonds is 10. The summed E-state index contributed by atoms with van der Waals surface area (Å²) in [6.45, 7) is 1.26. The van der Waals surface area contributed by atoms with Gasteiger partial charge in [-0.15, -0.1) is 0 Å². The fourth-order valence-electron chi connectivity index (χ4n) is 3.98. The van der Waals surface area contributed by atoms with E-state index in [1.165, 1.54) is 11.0 Å². The molecule has 3 aromatic rings. The Morgan fingerprint density at radius 1 is 1.03 bits per heavy atom. The summed E-state index contributed by atoms with van der Waals surface area (Å²) in [5, 5.41) is 4.12. The predicted molar refractivity (Wildman–Crippen MR) is 126 cm³/mol. The van der Waals surface area contributed by atoms with Crippen LogP contribution in [0.4, 0.5) is 0 Å². The van der Waals surface area contributed by atoms with Crippen LogP contribution in [0.3, 0.4) is 0 Å². The third kappa shape index (κ3) is 4.92. The highest BCUT2D eigenvalue weighted by molar-refractivity contribution is 6.22. The summed E-state index contributed by atoms with van der Waals surface area (Å²) in [6.07, 6.45) is 1.90. The average molecular weight is 462 g/mol. The number of carbonyl (C=O) groups excluding carboxylic acids is 3. The number of aromatic nitrogens is 1. The Bertz CT molecular complexity index is 1190. The Morgan fingerprint density at radius 3 is 2.56 bits per heavy atom. The van der Waals surface area contributed by atoms with Crippen molar-refractivity contribution in [1.82, 2.24) is 15.0 Å². The van der Waals surface area contributed by atoms with Gasteiger partial charge in [-0.05, 0) is 31.0 Å². The van der Waals surface area contributed by atoms with Crippen molar-refractivity contribution in [1.29, 1.82) is 0 Å². The second kappa shape index (κ2) is 10.4. The van der Waals surface area contributed by atoms with Gasteiger partial charge in [0.15, 0.2) is 0 Å². The van der Waals surface area contributed by atoms with E-state index in [-0.39, 0.29) is 29.8 Å². The largest absolute Gasteiger partial charge is 0.385 e. The maximum atomic E-state index is 12.9. The van der Waals surface area contributed by atoms with Gasteiger partial charge in [0.05, 0.1) is 11.1 Å². The van der Waals surface area contributed by atoms with Crippen molar-refractivity contribution in [3.63, 3.8) is 0 Å². The number of amides is 3. The van der Waals surface area contributed by atoms with Crippen molar-refractivity contribution >= 4 is 17.7 Å². The van der Waals surface area contributed by atoms with Gasteiger partial charge in [0.2, 0.25) is 0 Å². The van der Waals surface area contributed by atoms with E-state index in [1.54, 1.807) is 31.2 Å². The van der Waals surface area contributed by atoms with E-state index in [0.717, 1.165) is 17.0 Å². The first-order valence-electron chi connectivity index (χ1n) is 11.2. The highest BCUT2D eigenvalue weighted by Gasteiger charge is 2.35. The van der Waals surface area contributed by atoms with Crippen LogP contribution < -0.4 is 0 Å². The average Bonchev–Trinajstić information content (AvgIpc) is 3.43. The van der Waals surface area contributed by atoms with Gasteiger partial charge in [0, 0.05) is 57.5 Å². The Hall–Kier alpha value is -3.78. The number of hydrogen-bond acceptors (Lipinski definition) is 6. The highest BCUT2D eigenvalue weighted by atomic mass is 16.5. The van der Waals surface area contributed by atoms with E-state index in [1.807, 2.05) is 36.4 Å². The molecule has 0 bridgehead atoms. The molecule has 0 saturated heterocycles. The number of fused-ring (bicyclic) bond motifs is 1.